The highest BCUT2D eigenvalue weighted by atomic mass is 16.1. The minimum atomic E-state index is -0.112. The van der Waals surface area contributed by atoms with Gasteiger partial charge in [-0.3, -0.25) is 19.6 Å². The molecular formula is C30H31N3O2. The zero-order chi connectivity index (χ0) is 25.7. The van der Waals surface area contributed by atoms with Crippen LogP contribution in [-0.2, 0) is 0 Å². The Morgan fingerprint density at radius 1 is 0.629 bits per heavy atom. The van der Waals surface area contributed by atoms with Crippen LogP contribution in [0.15, 0.2) is 61.1 Å². The Labute approximate surface area is 207 Å². The van der Waals surface area contributed by atoms with Crippen molar-refractivity contribution >= 4 is 11.6 Å². The predicted molar refractivity (Wildman–Crippen MR) is 139 cm³/mol. The van der Waals surface area contributed by atoms with E-state index >= 15 is 0 Å². The first-order valence-corrected chi connectivity index (χ1v) is 11.5. The molecule has 3 heterocycles. The molecule has 0 aliphatic rings. The van der Waals surface area contributed by atoms with E-state index in [1.54, 1.807) is 42.9 Å². The largest absolute Gasteiger partial charge is 0.289 e. The third-order valence-corrected chi connectivity index (χ3v) is 6.66. The maximum absolute atomic E-state index is 12.4. The van der Waals surface area contributed by atoms with E-state index in [-0.39, 0.29) is 11.6 Å². The Bertz CT molecular complexity index is 1380. The third kappa shape index (κ3) is 5.57. The van der Waals surface area contributed by atoms with Crippen LogP contribution < -0.4 is 0 Å². The average molecular weight is 466 g/mol. The van der Waals surface area contributed by atoms with Crippen LogP contribution in [0.5, 0.6) is 0 Å². The van der Waals surface area contributed by atoms with Crippen molar-refractivity contribution in [3.05, 3.63) is 123 Å². The summed E-state index contributed by atoms with van der Waals surface area (Å²) in [6.45, 7) is 14.0. The normalized spacial score (nSPS) is 10.4. The quantitative estimate of drug-likeness (QED) is 0.337. The van der Waals surface area contributed by atoms with E-state index in [9.17, 15) is 9.59 Å². The number of nitrogens with zero attached hydrogens (tertiary/aromatic N) is 3. The van der Waals surface area contributed by atoms with Crippen molar-refractivity contribution < 1.29 is 9.59 Å². The van der Waals surface area contributed by atoms with Crippen LogP contribution in [0.1, 0.15) is 71.2 Å². The number of carbonyl (C=O) groups excluding carboxylic acids is 2. The Kier molecular flexibility index (Phi) is 8.02. The summed E-state index contributed by atoms with van der Waals surface area (Å²) in [6.07, 6.45) is 4.91. The van der Waals surface area contributed by atoms with Gasteiger partial charge >= 0.3 is 0 Å². The standard InChI is InChI=1S/C15H16N2O.C15H15NO/c1-9-10(2)12(4)17-14(11(9)3)15(18)13-7-5-6-8-16-13;1-10-4-5-14(12(3)11(10)2)15(17)13-6-8-16-9-7-13/h5-8H,1-4H3;4-9H,1-3H3. The van der Waals surface area contributed by atoms with Gasteiger partial charge in [0, 0.05) is 35.4 Å². The smallest absolute Gasteiger partial charge is 0.229 e. The first-order chi connectivity index (χ1) is 16.6. The Morgan fingerprint density at radius 2 is 1.31 bits per heavy atom. The Hall–Kier alpha value is -3.99. The van der Waals surface area contributed by atoms with Crippen LogP contribution in [0.4, 0.5) is 0 Å². The summed E-state index contributed by atoms with van der Waals surface area (Å²) in [7, 11) is 0. The molecule has 4 rings (SSSR count). The van der Waals surface area contributed by atoms with Crippen LogP contribution in [0, 0.1) is 48.5 Å². The lowest BCUT2D eigenvalue weighted by atomic mass is 9.94. The maximum Gasteiger partial charge on any atom is 0.229 e. The minimum absolute atomic E-state index is 0.0630. The highest BCUT2D eigenvalue weighted by Gasteiger charge is 2.18. The fourth-order valence-electron chi connectivity index (χ4n) is 3.77. The van der Waals surface area contributed by atoms with Gasteiger partial charge in [0.15, 0.2) is 5.78 Å². The Morgan fingerprint density at radius 3 is 1.94 bits per heavy atom. The lowest BCUT2D eigenvalue weighted by molar-refractivity contribution is 0.102. The minimum Gasteiger partial charge on any atom is -0.289 e. The van der Waals surface area contributed by atoms with Crippen molar-refractivity contribution in [2.24, 2.45) is 0 Å². The fourth-order valence-corrected chi connectivity index (χ4v) is 3.77. The van der Waals surface area contributed by atoms with Gasteiger partial charge in [-0.25, -0.2) is 4.98 Å². The summed E-state index contributed by atoms with van der Waals surface area (Å²) in [5.74, 6) is -0.0488. The topological polar surface area (TPSA) is 72.8 Å². The van der Waals surface area contributed by atoms with E-state index < -0.39 is 0 Å². The molecule has 0 aliphatic heterocycles. The van der Waals surface area contributed by atoms with Crippen molar-refractivity contribution in [3.8, 4) is 0 Å². The van der Waals surface area contributed by atoms with Crippen LogP contribution in [0.3, 0.4) is 0 Å². The molecule has 0 radical (unpaired) electrons. The summed E-state index contributed by atoms with van der Waals surface area (Å²) in [6, 6.07) is 12.7. The molecule has 0 unspecified atom stereocenters. The molecule has 0 N–H and O–H groups in total. The zero-order valence-electron chi connectivity index (χ0n) is 21.4. The van der Waals surface area contributed by atoms with Gasteiger partial charge in [-0.15, -0.1) is 0 Å². The molecule has 5 heteroatoms. The summed E-state index contributed by atoms with van der Waals surface area (Å²) in [5.41, 5.74) is 9.99. The molecule has 0 saturated heterocycles. The number of pyridine rings is 3. The highest BCUT2D eigenvalue weighted by Crippen LogP contribution is 2.21. The molecule has 178 valence electrons. The zero-order valence-corrected chi connectivity index (χ0v) is 21.4. The van der Waals surface area contributed by atoms with Gasteiger partial charge in [-0.2, -0.15) is 0 Å². The number of carbonyl (C=O) groups is 2. The van der Waals surface area contributed by atoms with Gasteiger partial charge in [0.25, 0.3) is 0 Å². The van der Waals surface area contributed by atoms with Crippen LogP contribution in [0.2, 0.25) is 0 Å². The van der Waals surface area contributed by atoms with Crippen LogP contribution >= 0.6 is 0 Å². The van der Waals surface area contributed by atoms with E-state index in [2.05, 4.69) is 21.9 Å². The van der Waals surface area contributed by atoms with Crippen molar-refractivity contribution in [3.63, 3.8) is 0 Å². The molecule has 0 saturated carbocycles. The van der Waals surface area contributed by atoms with Gasteiger partial charge < -0.3 is 0 Å². The predicted octanol–water partition coefficient (Wildman–Crippen LogP) is 6.18. The first kappa shape index (κ1) is 25.6. The van der Waals surface area contributed by atoms with Crippen molar-refractivity contribution in [2.75, 3.05) is 0 Å². The fraction of sp³-hybridized carbons (Fsp3) is 0.233. The number of benzene rings is 1. The molecule has 0 spiro atoms. The van der Waals surface area contributed by atoms with Crippen molar-refractivity contribution in [2.45, 2.75) is 48.5 Å². The number of aromatic nitrogens is 3. The second-order valence-corrected chi connectivity index (χ2v) is 8.71. The lowest BCUT2D eigenvalue weighted by Crippen LogP contribution is -2.11. The number of rotatable bonds is 4. The van der Waals surface area contributed by atoms with E-state index in [1.807, 2.05) is 59.7 Å². The molecule has 4 aromatic rings. The molecule has 0 fully saturated rings. The molecule has 0 amide bonds. The van der Waals surface area contributed by atoms with Gasteiger partial charge in [0.1, 0.15) is 11.4 Å². The van der Waals surface area contributed by atoms with Crippen LogP contribution in [0.25, 0.3) is 0 Å². The molecule has 0 bridgehead atoms. The molecule has 1 aromatic carbocycles. The molecule has 0 atom stereocenters. The number of hydrogen-bond donors (Lipinski definition) is 0. The van der Waals surface area contributed by atoms with E-state index in [1.165, 1.54) is 11.1 Å². The number of hydrogen-bond acceptors (Lipinski definition) is 5. The first-order valence-electron chi connectivity index (χ1n) is 11.5. The van der Waals surface area contributed by atoms with Gasteiger partial charge in [0.2, 0.25) is 5.78 Å². The average Bonchev–Trinajstić information content (AvgIpc) is 2.89. The SMILES string of the molecule is Cc1ccc(C(=O)c2ccncc2)c(C)c1C.Cc1nc(C(=O)c2ccccn2)c(C)c(C)c1C. The van der Waals surface area contributed by atoms with Gasteiger partial charge in [0.05, 0.1) is 0 Å². The van der Waals surface area contributed by atoms with Crippen molar-refractivity contribution in [1.82, 2.24) is 15.0 Å². The van der Waals surface area contributed by atoms with Gasteiger partial charge in [-0.05, 0) is 106 Å². The molecule has 5 nitrogen and oxygen atoms in total. The second-order valence-electron chi connectivity index (χ2n) is 8.71. The molecule has 35 heavy (non-hydrogen) atoms. The monoisotopic (exact) mass is 465 g/mol. The summed E-state index contributed by atoms with van der Waals surface area (Å²) in [5, 5.41) is 0. The molecule has 0 aliphatic carbocycles. The van der Waals surface area contributed by atoms with E-state index in [4.69, 9.17) is 0 Å². The number of ketones is 2. The molecule has 3 aromatic heterocycles. The van der Waals surface area contributed by atoms with Gasteiger partial charge in [-0.1, -0.05) is 18.2 Å². The van der Waals surface area contributed by atoms with E-state index in [0.717, 1.165) is 33.5 Å². The van der Waals surface area contributed by atoms with Crippen LogP contribution in [-0.4, -0.2) is 26.5 Å². The van der Waals surface area contributed by atoms with E-state index in [0.29, 0.717) is 17.0 Å². The summed E-state index contributed by atoms with van der Waals surface area (Å²) < 4.78 is 0. The second kappa shape index (κ2) is 11.0. The number of aryl methyl sites for hydroxylation is 2. The lowest BCUT2D eigenvalue weighted by Gasteiger charge is -2.12. The highest BCUT2D eigenvalue weighted by molar-refractivity contribution is 6.10. The third-order valence-electron chi connectivity index (χ3n) is 6.66. The maximum atomic E-state index is 12.4. The summed E-state index contributed by atoms with van der Waals surface area (Å²) in [4.78, 5) is 37.1. The summed E-state index contributed by atoms with van der Waals surface area (Å²) >= 11 is 0. The molecular weight excluding hydrogens is 434 g/mol. The van der Waals surface area contributed by atoms with Crippen molar-refractivity contribution in [1.29, 1.82) is 0 Å². The Balaban J connectivity index is 0.000000196.